The molecular formula is C32H42FN3O5. The van der Waals surface area contributed by atoms with Crippen LogP contribution in [0, 0.1) is 25.1 Å². The zero-order valence-corrected chi connectivity index (χ0v) is 25.6. The number of fused-ring (bicyclic) bond motifs is 2. The van der Waals surface area contributed by atoms with E-state index in [1.807, 2.05) is 6.92 Å². The number of carboxylic acid groups (broad SMARTS) is 1. The van der Waals surface area contributed by atoms with Crippen molar-refractivity contribution in [2.75, 3.05) is 13.2 Å². The molecule has 0 saturated heterocycles. The van der Waals surface area contributed by atoms with Gasteiger partial charge in [-0.15, -0.1) is 0 Å². The van der Waals surface area contributed by atoms with Gasteiger partial charge in [-0.05, 0) is 82.6 Å². The van der Waals surface area contributed by atoms with Crippen molar-refractivity contribution in [1.82, 2.24) is 14.9 Å². The predicted octanol–water partition coefficient (Wildman–Crippen LogP) is 6.43. The Balaban J connectivity index is 2.02. The Morgan fingerprint density at radius 3 is 2.49 bits per heavy atom. The van der Waals surface area contributed by atoms with Gasteiger partial charge in [0.05, 0.1) is 12.2 Å². The van der Waals surface area contributed by atoms with Crippen molar-refractivity contribution in [1.29, 1.82) is 0 Å². The Hall–Kier alpha value is -3.46. The Kier molecular flexibility index (Phi) is 8.24. The lowest BCUT2D eigenvalue weighted by Crippen LogP contribution is -2.28. The molecule has 2 aromatic heterocycles. The number of aromatic nitrogens is 2. The summed E-state index contributed by atoms with van der Waals surface area (Å²) in [6.07, 6.45) is 0.825. The van der Waals surface area contributed by atoms with Crippen molar-refractivity contribution in [2.45, 2.75) is 86.4 Å². The van der Waals surface area contributed by atoms with Crippen molar-refractivity contribution in [3.05, 3.63) is 46.0 Å². The Labute approximate surface area is 241 Å². The van der Waals surface area contributed by atoms with Gasteiger partial charge in [0.15, 0.2) is 17.7 Å². The molecule has 0 radical (unpaired) electrons. The number of halogens is 1. The highest BCUT2D eigenvalue weighted by Gasteiger charge is 2.34. The molecular weight excluding hydrogens is 525 g/mol. The molecule has 0 bridgehead atoms. The van der Waals surface area contributed by atoms with Crippen molar-refractivity contribution in [2.24, 2.45) is 12.5 Å². The van der Waals surface area contributed by atoms with Crippen LogP contribution in [0.1, 0.15) is 93.4 Å². The second-order valence-corrected chi connectivity index (χ2v) is 13.1. The lowest BCUT2D eigenvalue weighted by molar-refractivity contribution is -0.160. The third-order valence-electron chi connectivity index (χ3n) is 7.46. The van der Waals surface area contributed by atoms with Gasteiger partial charge in [-0.25, -0.2) is 14.2 Å². The Bertz CT molecular complexity index is 1510. The maximum atomic E-state index is 15.6. The molecule has 1 aromatic carbocycles. The molecule has 0 unspecified atom stereocenters. The minimum Gasteiger partial charge on any atom is -0.490 e. The van der Waals surface area contributed by atoms with E-state index in [0.29, 0.717) is 58.7 Å². The largest absolute Gasteiger partial charge is 0.490 e. The third-order valence-corrected chi connectivity index (χ3v) is 7.46. The summed E-state index contributed by atoms with van der Waals surface area (Å²) in [6.45, 7) is 16.3. The normalized spacial score (nSPS) is 14.5. The van der Waals surface area contributed by atoms with Crippen LogP contribution in [-0.2, 0) is 23.0 Å². The summed E-state index contributed by atoms with van der Waals surface area (Å²) >= 11 is 0. The molecule has 8 nitrogen and oxygen atoms in total. The molecule has 3 aromatic rings. The van der Waals surface area contributed by atoms with Crippen molar-refractivity contribution < 1.29 is 28.6 Å². The monoisotopic (exact) mass is 567 g/mol. The van der Waals surface area contributed by atoms with Crippen LogP contribution in [0.15, 0.2) is 12.1 Å². The number of aryl methyl sites for hydroxylation is 2. The van der Waals surface area contributed by atoms with Crippen LogP contribution >= 0.6 is 0 Å². The lowest BCUT2D eigenvalue weighted by Gasteiger charge is -2.29. The average molecular weight is 568 g/mol. The zero-order valence-electron chi connectivity index (χ0n) is 25.6. The first kappa shape index (κ1) is 30.5. The summed E-state index contributed by atoms with van der Waals surface area (Å²) in [5, 5.41) is 13.9. The van der Waals surface area contributed by atoms with Crippen molar-refractivity contribution in [3.8, 4) is 16.9 Å². The van der Waals surface area contributed by atoms with E-state index in [0.717, 1.165) is 24.0 Å². The van der Waals surface area contributed by atoms with Crippen LogP contribution < -0.4 is 10.1 Å². The van der Waals surface area contributed by atoms with E-state index in [2.05, 4.69) is 26.1 Å². The van der Waals surface area contributed by atoms with Crippen LogP contribution in [0.4, 0.5) is 4.39 Å². The predicted molar refractivity (Wildman–Crippen MR) is 157 cm³/mol. The van der Waals surface area contributed by atoms with E-state index >= 15 is 4.39 Å². The third kappa shape index (κ3) is 6.25. The number of ether oxygens (including phenoxy) is 2. The lowest BCUT2D eigenvalue weighted by atomic mass is 9.86. The number of amides is 1. The molecule has 2 N–H and O–H groups in total. The summed E-state index contributed by atoms with van der Waals surface area (Å²) < 4.78 is 29.0. The number of hydrogen-bond acceptors (Lipinski definition) is 5. The van der Waals surface area contributed by atoms with Gasteiger partial charge in [-0.2, -0.15) is 0 Å². The molecule has 9 heteroatoms. The molecule has 41 heavy (non-hydrogen) atoms. The number of nitrogens with one attached hydrogen (secondary N) is 1. The molecule has 4 rings (SSSR count). The minimum atomic E-state index is -1.37. The maximum Gasteiger partial charge on any atom is 0.337 e. The second kappa shape index (κ2) is 11.1. The van der Waals surface area contributed by atoms with Gasteiger partial charge in [0.25, 0.3) is 5.91 Å². The van der Waals surface area contributed by atoms with E-state index in [9.17, 15) is 14.7 Å². The first-order valence-electron chi connectivity index (χ1n) is 14.1. The number of benzene rings is 1. The molecule has 1 amide bonds. The second-order valence-electron chi connectivity index (χ2n) is 13.1. The Morgan fingerprint density at radius 2 is 1.88 bits per heavy atom. The van der Waals surface area contributed by atoms with E-state index in [1.165, 1.54) is 6.07 Å². The molecule has 1 aliphatic heterocycles. The number of rotatable bonds is 7. The molecule has 0 saturated carbocycles. The first-order chi connectivity index (χ1) is 19.0. The van der Waals surface area contributed by atoms with Crippen LogP contribution in [0.3, 0.4) is 0 Å². The van der Waals surface area contributed by atoms with E-state index in [-0.39, 0.29) is 17.1 Å². The fourth-order valence-corrected chi connectivity index (χ4v) is 5.43. The van der Waals surface area contributed by atoms with Crippen molar-refractivity contribution in [3.63, 3.8) is 0 Å². The summed E-state index contributed by atoms with van der Waals surface area (Å²) in [5.41, 5.74) is 3.50. The smallest absolute Gasteiger partial charge is 0.337 e. The van der Waals surface area contributed by atoms with Gasteiger partial charge in [-0.3, -0.25) is 4.79 Å². The SMILES string of the molecule is Cc1nc2c(cc(C(=O)NCCC(C)(C)C)n2C)c(-c2cc(F)c3c(c2C)CCCO3)c1[C@H](OC(C)(C)C)C(=O)O. The fourth-order valence-electron chi connectivity index (χ4n) is 5.43. The van der Waals surface area contributed by atoms with Gasteiger partial charge >= 0.3 is 5.97 Å². The summed E-state index contributed by atoms with van der Waals surface area (Å²) in [4.78, 5) is 30.8. The van der Waals surface area contributed by atoms with Crippen LogP contribution in [0.25, 0.3) is 22.2 Å². The minimum absolute atomic E-state index is 0.0591. The molecule has 0 fully saturated rings. The van der Waals surface area contributed by atoms with Gasteiger partial charge in [0, 0.05) is 41.4 Å². The van der Waals surface area contributed by atoms with Gasteiger partial charge < -0.3 is 24.5 Å². The Morgan fingerprint density at radius 1 is 1.20 bits per heavy atom. The summed E-state index contributed by atoms with van der Waals surface area (Å²) in [7, 11) is 1.76. The number of carbonyl (C=O) groups excluding carboxylic acids is 1. The van der Waals surface area contributed by atoms with Gasteiger partial charge in [-0.1, -0.05) is 20.8 Å². The number of carboxylic acids is 1. The number of hydrogen-bond donors (Lipinski definition) is 2. The number of pyridine rings is 1. The quantitative estimate of drug-likeness (QED) is 0.341. The molecule has 0 aliphatic carbocycles. The summed E-state index contributed by atoms with van der Waals surface area (Å²) in [5.74, 6) is -1.70. The number of aliphatic carboxylic acids is 1. The highest BCUT2D eigenvalue weighted by molar-refractivity contribution is 6.04. The zero-order chi connectivity index (χ0) is 30.4. The first-order valence-corrected chi connectivity index (χ1v) is 14.1. The number of nitrogens with zero attached hydrogens (tertiary/aromatic N) is 2. The van der Waals surface area contributed by atoms with Crippen LogP contribution in [0.2, 0.25) is 0 Å². The molecule has 1 atom stereocenters. The van der Waals surface area contributed by atoms with Gasteiger partial charge in [0.1, 0.15) is 11.3 Å². The molecule has 222 valence electrons. The van der Waals surface area contributed by atoms with E-state index in [1.54, 1.807) is 45.4 Å². The van der Waals surface area contributed by atoms with Crippen LogP contribution in [-0.4, -0.2) is 45.3 Å². The average Bonchev–Trinajstić information content (AvgIpc) is 3.18. The number of carbonyl (C=O) groups is 2. The van der Waals surface area contributed by atoms with Gasteiger partial charge in [0.2, 0.25) is 0 Å². The molecule has 0 spiro atoms. The highest BCUT2D eigenvalue weighted by Crippen LogP contribution is 2.44. The standard InChI is InChI=1S/C32H42FN3O5/c1-17-19-11-10-14-40-26(19)22(33)15-20(17)25-21-16-23(29(37)34-13-12-31(3,4)5)36(9)28(21)35-18(2)24(25)27(30(38)39)41-32(6,7)8/h15-16,27H,10-14H2,1-9H3,(H,34,37)(H,38,39)/t27-/m0/s1. The highest BCUT2D eigenvalue weighted by atomic mass is 19.1. The van der Waals surface area contributed by atoms with Crippen LogP contribution in [0.5, 0.6) is 5.75 Å². The topological polar surface area (TPSA) is 103 Å². The van der Waals surface area contributed by atoms with Crippen molar-refractivity contribution >= 4 is 22.9 Å². The summed E-state index contributed by atoms with van der Waals surface area (Å²) in [6, 6.07) is 3.12. The fraction of sp³-hybridized carbons (Fsp3) is 0.531. The maximum absolute atomic E-state index is 15.6. The van der Waals surface area contributed by atoms with E-state index < -0.39 is 23.5 Å². The molecule has 3 heterocycles. The molecule has 1 aliphatic rings. The van der Waals surface area contributed by atoms with E-state index in [4.69, 9.17) is 14.5 Å².